The first kappa shape index (κ1) is 17.8. The minimum atomic E-state index is 0. The number of fused-ring (bicyclic) bond motifs is 6. The molecule has 5 rings (SSSR count). The Morgan fingerprint density at radius 2 is 1.63 bits per heavy atom. The Morgan fingerprint density at radius 1 is 0.889 bits per heavy atom. The molecule has 0 saturated heterocycles. The number of para-hydroxylation sites is 1. The third-order valence-electron chi connectivity index (χ3n) is 4.87. The molecule has 0 fully saturated rings. The van der Waals surface area contributed by atoms with E-state index in [9.17, 15) is 0 Å². The first-order chi connectivity index (χ1) is 12.6. The molecule has 0 amide bonds. The van der Waals surface area contributed by atoms with Gasteiger partial charge in [-0.15, -0.1) is 18.2 Å². The van der Waals surface area contributed by atoms with E-state index in [4.69, 9.17) is 4.98 Å². The molecule has 1 radical (unpaired) electrons. The molecule has 5 aromatic rings. The zero-order valence-electron chi connectivity index (χ0n) is 15.4. The molecule has 27 heavy (non-hydrogen) atoms. The zero-order chi connectivity index (χ0) is 17.8. The van der Waals surface area contributed by atoms with Gasteiger partial charge in [0, 0.05) is 48.9 Å². The third-order valence-corrected chi connectivity index (χ3v) is 4.87. The van der Waals surface area contributed by atoms with Crippen LogP contribution in [0, 0.1) is 26.8 Å². The fourth-order valence-corrected chi connectivity index (χ4v) is 3.94. The maximum absolute atomic E-state index is 4.78. The van der Waals surface area contributed by atoms with Crippen molar-refractivity contribution in [1.29, 1.82) is 0 Å². The number of rotatable bonds is 1. The standard InChI is InChI=1S/C23H18N3.Ir/c1-14-11-17(12-15(2)24-14)18-8-6-9-20-22(18)19-7-4-5-10-21(19)26-13-16(3)25-23(20)26;/h4-8,10-13H,1-3H3;/q-1;. The number of pyridine rings is 2. The van der Waals surface area contributed by atoms with Crippen molar-refractivity contribution < 1.29 is 20.1 Å². The SMILES string of the molecule is Cc1cc(-c2cc[c-]c3c2c2ccccc2n2cc(C)nc32)cc(C)n1.[Ir]. The largest absolute Gasteiger partial charge is 0.340 e. The van der Waals surface area contributed by atoms with Crippen LogP contribution in [0.5, 0.6) is 0 Å². The Balaban J connectivity index is 0.00000180. The number of hydrogen-bond donors (Lipinski definition) is 0. The van der Waals surface area contributed by atoms with Gasteiger partial charge in [-0.2, -0.15) is 0 Å². The van der Waals surface area contributed by atoms with E-state index in [0.29, 0.717) is 0 Å². The molecule has 0 aliphatic heterocycles. The van der Waals surface area contributed by atoms with Crippen molar-refractivity contribution in [3.05, 3.63) is 77.9 Å². The van der Waals surface area contributed by atoms with Gasteiger partial charge in [0.2, 0.25) is 0 Å². The summed E-state index contributed by atoms with van der Waals surface area (Å²) < 4.78 is 2.18. The summed E-state index contributed by atoms with van der Waals surface area (Å²) in [5.41, 5.74) is 7.58. The molecule has 3 aromatic heterocycles. The second-order valence-corrected chi connectivity index (χ2v) is 6.87. The van der Waals surface area contributed by atoms with Gasteiger partial charge in [0.1, 0.15) is 0 Å². The summed E-state index contributed by atoms with van der Waals surface area (Å²) in [5.74, 6) is 0. The molecule has 0 spiro atoms. The summed E-state index contributed by atoms with van der Waals surface area (Å²) in [7, 11) is 0. The van der Waals surface area contributed by atoms with Crippen LogP contribution in [0.1, 0.15) is 17.1 Å². The molecular formula is C23H18IrN3-. The van der Waals surface area contributed by atoms with Crippen LogP contribution in [0.4, 0.5) is 0 Å². The van der Waals surface area contributed by atoms with E-state index in [-0.39, 0.29) is 20.1 Å². The summed E-state index contributed by atoms with van der Waals surface area (Å²) in [6.45, 7) is 6.12. The Labute approximate surface area is 171 Å². The van der Waals surface area contributed by atoms with Crippen LogP contribution in [0.15, 0.2) is 54.7 Å². The van der Waals surface area contributed by atoms with Gasteiger partial charge in [0.25, 0.3) is 0 Å². The molecule has 3 nitrogen and oxygen atoms in total. The van der Waals surface area contributed by atoms with Crippen LogP contribution in [-0.4, -0.2) is 14.4 Å². The molecule has 0 N–H and O–H groups in total. The maximum Gasteiger partial charge on any atom is 0.0612 e. The number of benzene rings is 2. The van der Waals surface area contributed by atoms with Gasteiger partial charge in [-0.05, 0) is 49.9 Å². The number of aromatic nitrogens is 3. The average molecular weight is 529 g/mol. The molecule has 0 aliphatic rings. The van der Waals surface area contributed by atoms with E-state index in [1.54, 1.807) is 0 Å². The second-order valence-electron chi connectivity index (χ2n) is 6.87. The summed E-state index contributed by atoms with van der Waals surface area (Å²) >= 11 is 0. The van der Waals surface area contributed by atoms with Gasteiger partial charge in [-0.3, -0.25) is 9.97 Å². The summed E-state index contributed by atoms with van der Waals surface area (Å²) in [6.07, 6.45) is 2.10. The van der Waals surface area contributed by atoms with E-state index in [0.717, 1.165) is 28.1 Å². The van der Waals surface area contributed by atoms with Crippen LogP contribution >= 0.6 is 0 Å². The predicted molar refractivity (Wildman–Crippen MR) is 106 cm³/mol. The predicted octanol–water partition coefficient (Wildman–Crippen LogP) is 5.43. The van der Waals surface area contributed by atoms with E-state index < -0.39 is 0 Å². The van der Waals surface area contributed by atoms with Crippen LogP contribution < -0.4 is 0 Å². The van der Waals surface area contributed by atoms with Crippen molar-refractivity contribution in [1.82, 2.24) is 14.4 Å². The minimum Gasteiger partial charge on any atom is -0.340 e. The summed E-state index contributed by atoms with van der Waals surface area (Å²) in [4.78, 5) is 9.31. The molecule has 4 heteroatoms. The Kier molecular flexibility index (Phi) is 4.33. The van der Waals surface area contributed by atoms with Crippen molar-refractivity contribution in [2.45, 2.75) is 20.8 Å². The minimum absolute atomic E-state index is 0. The number of hydrogen-bond acceptors (Lipinski definition) is 2. The third kappa shape index (κ3) is 2.77. The van der Waals surface area contributed by atoms with Gasteiger partial charge >= 0.3 is 0 Å². The van der Waals surface area contributed by atoms with Crippen molar-refractivity contribution >= 4 is 27.3 Å². The molecule has 0 bridgehead atoms. The van der Waals surface area contributed by atoms with Gasteiger partial charge in [0.15, 0.2) is 0 Å². The number of aryl methyl sites for hydroxylation is 3. The molecule has 3 heterocycles. The molecule has 0 aliphatic carbocycles. The van der Waals surface area contributed by atoms with Crippen LogP contribution in [0.2, 0.25) is 0 Å². The van der Waals surface area contributed by atoms with Gasteiger partial charge in [-0.25, -0.2) is 0 Å². The normalized spacial score (nSPS) is 11.2. The Bertz CT molecular complexity index is 1300. The first-order valence-corrected chi connectivity index (χ1v) is 8.78. The fraction of sp³-hybridized carbons (Fsp3) is 0.130. The molecule has 0 atom stereocenters. The number of imidazole rings is 1. The fourth-order valence-electron chi connectivity index (χ4n) is 3.94. The summed E-state index contributed by atoms with van der Waals surface area (Å²) in [6, 6.07) is 20.4. The van der Waals surface area contributed by atoms with Crippen LogP contribution in [-0.2, 0) is 20.1 Å². The van der Waals surface area contributed by atoms with Crippen molar-refractivity contribution in [2.75, 3.05) is 0 Å². The van der Waals surface area contributed by atoms with E-state index >= 15 is 0 Å². The number of nitrogens with zero attached hydrogens (tertiary/aromatic N) is 3. The van der Waals surface area contributed by atoms with E-state index in [2.05, 4.69) is 64.1 Å². The Morgan fingerprint density at radius 3 is 2.41 bits per heavy atom. The van der Waals surface area contributed by atoms with E-state index in [1.165, 1.54) is 27.4 Å². The van der Waals surface area contributed by atoms with Gasteiger partial charge in [0.05, 0.1) is 5.65 Å². The molecule has 0 unspecified atom stereocenters. The van der Waals surface area contributed by atoms with Crippen molar-refractivity contribution in [3.63, 3.8) is 0 Å². The zero-order valence-corrected chi connectivity index (χ0v) is 17.8. The van der Waals surface area contributed by atoms with Gasteiger partial charge in [-0.1, -0.05) is 34.5 Å². The maximum atomic E-state index is 4.78. The van der Waals surface area contributed by atoms with E-state index in [1.807, 2.05) is 26.8 Å². The molecule has 135 valence electrons. The first-order valence-electron chi connectivity index (χ1n) is 8.78. The molecular weight excluding hydrogens is 510 g/mol. The van der Waals surface area contributed by atoms with Crippen molar-refractivity contribution in [3.8, 4) is 11.1 Å². The molecule has 0 saturated carbocycles. The second kappa shape index (κ2) is 6.56. The Hall–Kier alpha value is -2.55. The van der Waals surface area contributed by atoms with Crippen LogP contribution in [0.25, 0.3) is 38.4 Å². The monoisotopic (exact) mass is 529 g/mol. The molecule has 2 aromatic carbocycles. The van der Waals surface area contributed by atoms with Crippen LogP contribution in [0.3, 0.4) is 0 Å². The smallest absolute Gasteiger partial charge is 0.0612 e. The van der Waals surface area contributed by atoms with Crippen molar-refractivity contribution in [2.24, 2.45) is 0 Å². The topological polar surface area (TPSA) is 30.2 Å². The van der Waals surface area contributed by atoms with Gasteiger partial charge < -0.3 is 4.40 Å². The quantitative estimate of drug-likeness (QED) is 0.215. The summed E-state index contributed by atoms with van der Waals surface area (Å²) in [5, 5.41) is 3.47. The average Bonchev–Trinajstić information content (AvgIpc) is 3.02.